The molecule has 0 atom stereocenters. The molecule has 0 spiro atoms. The van der Waals surface area contributed by atoms with Crippen molar-refractivity contribution < 1.29 is 23.0 Å². The molecule has 9 heteroatoms. The molecule has 1 N–H and O–H groups in total. The normalized spacial score (nSPS) is 17.9. The van der Waals surface area contributed by atoms with Crippen molar-refractivity contribution >= 4 is 6.03 Å². The molecule has 190 valence electrons. The van der Waals surface area contributed by atoms with Crippen molar-refractivity contribution in [2.75, 3.05) is 53.5 Å². The Morgan fingerprint density at radius 1 is 0.886 bits per heavy atom. The molecule has 0 unspecified atom stereocenters. The van der Waals surface area contributed by atoms with E-state index < -0.39 is 11.6 Å². The van der Waals surface area contributed by atoms with Gasteiger partial charge in [0, 0.05) is 64.0 Å². The number of likely N-dealkylation sites (tertiary alicyclic amines) is 1. The minimum atomic E-state index is -0.823. The number of carbonyl (C=O) groups excluding carboxylic acids is 1. The second kappa shape index (κ2) is 11.7. The van der Waals surface area contributed by atoms with E-state index in [2.05, 4.69) is 15.1 Å². The summed E-state index contributed by atoms with van der Waals surface area (Å²) < 4.78 is 37.4. The van der Waals surface area contributed by atoms with E-state index in [1.807, 2.05) is 23.1 Å². The highest BCUT2D eigenvalue weighted by Gasteiger charge is 2.26. The van der Waals surface area contributed by atoms with Crippen LogP contribution < -0.4 is 14.8 Å². The summed E-state index contributed by atoms with van der Waals surface area (Å²) in [6.07, 6.45) is 1.68. The molecule has 0 radical (unpaired) electrons. The van der Waals surface area contributed by atoms with Gasteiger partial charge < -0.3 is 19.7 Å². The number of hydrogen-bond acceptors (Lipinski definition) is 5. The number of urea groups is 1. The summed E-state index contributed by atoms with van der Waals surface area (Å²) in [4.78, 5) is 19.2. The molecule has 2 aromatic carbocycles. The fourth-order valence-corrected chi connectivity index (χ4v) is 4.75. The molecule has 2 heterocycles. The minimum absolute atomic E-state index is 0.0114. The van der Waals surface area contributed by atoms with Crippen LogP contribution in [0.5, 0.6) is 11.5 Å². The number of ether oxygens (including phenoxy) is 2. The molecule has 0 bridgehead atoms. The van der Waals surface area contributed by atoms with Gasteiger partial charge in [-0.2, -0.15) is 0 Å². The Labute approximate surface area is 205 Å². The largest absolute Gasteiger partial charge is 0.497 e. The van der Waals surface area contributed by atoms with Crippen LogP contribution in [0, 0.1) is 11.6 Å². The molecule has 7 nitrogen and oxygen atoms in total. The van der Waals surface area contributed by atoms with Crippen LogP contribution in [0.1, 0.15) is 24.0 Å². The van der Waals surface area contributed by atoms with E-state index in [0.29, 0.717) is 19.6 Å². The van der Waals surface area contributed by atoms with Gasteiger partial charge in [0.1, 0.15) is 11.5 Å². The lowest BCUT2D eigenvalue weighted by molar-refractivity contribution is 0.127. The summed E-state index contributed by atoms with van der Waals surface area (Å²) in [5.41, 5.74) is 1.83. The van der Waals surface area contributed by atoms with E-state index in [9.17, 15) is 13.6 Å². The maximum absolute atomic E-state index is 13.5. The van der Waals surface area contributed by atoms with Gasteiger partial charge in [0.05, 0.1) is 14.2 Å². The second-order valence-corrected chi connectivity index (χ2v) is 9.19. The fraction of sp³-hybridized carbons (Fsp3) is 0.500. The Kier molecular flexibility index (Phi) is 8.41. The number of benzene rings is 2. The van der Waals surface area contributed by atoms with Crippen molar-refractivity contribution in [2.24, 2.45) is 0 Å². The number of hydrogen-bond donors (Lipinski definition) is 1. The molecule has 0 aromatic heterocycles. The number of halogens is 2. The van der Waals surface area contributed by atoms with Crippen LogP contribution in [0.3, 0.4) is 0 Å². The van der Waals surface area contributed by atoms with Crippen molar-refractivity contribution in [3.05, 3.63) is 59.2 Å². The van der Waals surface area contributed by atoms with Gasteiger partial charge in [-0.05, 0) is 48.7 Å². The average Bonchev–Trinajstić information content (AvgIpc) is 2.87. The highest BCUT2D eigenvalue weighted by atomic mass is 19.2. The van der Waals surface area contributed by atoms with Crippen molar-refractivity contribution in [2.45, 2.75) is 32.0 Å². The van der Waals surface area contributed by atoms with Gasteiger partial charge in [0.15, 0.2) is 11.6 Å². The summed E-state index contributed by atoms with van der Waals surface area (Å²) in [7, 11) is 3.32. The summed E-state index contributed by atoms with van der Waals surface area (Å²) >= 11 is 0. The van der Waals surface area contributed by atoms with Crippen LogP contribution in [0.2, 0.25) is 0 Å². The number of methoxy groups -OCH3 is 2. The molecular formula is C26H34F2N4O3. The number of piperidine rings is 1. The number of nitrogens with zero attached hydrogens (tertiary/aromatic N) is 3. The van der Waals surface area contributed by atoms with Crippen molar-refractivity contribution in [1.82, 2.24) is 20.0 Å². The predicted molar refractivity (Wildman–Crippen MR) is 130 cm³/mol. The van der Waals surface area contributed by atoms with Gasteiger partial charge in [-0.25, -0.2) is 13.6 Å². The lowest BCUT2D eigenvalue weighted by atomic mass is 10.0. The third-order valence-electron chi connectivity index (χ3n) is 6.85. The Balaban J connectivity index is 1.19. The van der Waals surface area contributed by atoms with Crippen LogP contribution in [-0.2, 0) is 13.1 Å². The SMILES string of the molecule is COc1ccc(OC)c(CN2CCN(C(=O)NC3CCN(Cc4ccc(F)c(F)c4)CC3)CC2)c1. The molecule has 2 aliphatic heterocycles. The first-order chi connectivity index (χ1) is 16.9. The van der Waals surface area contributed by atoms with Crippen LogP contribution in [0.15, 0.2) is 36.4 Å². The maximum Gasteiger partial charge on any atom is 0.317 e. The van der Waals surface area contributed by atoms with E-state index in [4.69, 9.17) is 9.47 Å². The summed E-state index contributed by atoms with van der Waals surface area (Å²) in [5.74, 6) is -0.0000241. The van der Waals surface area contributed by atoms with E-state index in [0.717, 1.165) is 68.2 Å². The number of nitrogens with one attached hydrogen (secondary N) is 1. The molecule has 4 rings (SSSR count). The number of piperazine rings is 1. The lowest BCUT2D eigenvalue weighted by Crippen LogP contribution is -2.54. The zero-order valence-electron chi connectivity index (χ0n) is 20.4. The molecule has 0 saturated carbocycles. The first-order valence-electron chi connectivity index (χ1n) is 12.1. The highest BCUT2D eigenvalue weighted by Crippen LogP contribution is 2.25. The predicted octanol–water partition coefficient (Wildman–Crippen LogP) is 3.47. The average molecular weight is 489 g/mol. The lowest BCUT2D eigenvalue weighted by Gasteiger charge is -2.37. The molecular weight excluding hydrogens is 454 g/mol. The van der Waals surface area contributed by atoms with E-state index in [1.54, 1.807) is 20.3 Å². The van der Waals surface area contributed by atoms with Gasteiger partial charge in [-0.1, -0.05) is 6.07 Å². The number of rotatable bonds is 7. The van der Waals surface area contributed by atoms with E-state index >= 15 is 0 Å². The van der Waals surface area contributed by atoms with Gasteiger partial charge in [0.2, 0.25) is 0 Å². The number of carbonyl (C=O) groups is 1. The Bertz CT molecular complexity index is 1010. The molecule has 2 fully saturated rings. The van der Waals surface area contributed by atoms with Crippen molar-refractivity contribution in [3.8, 4) is 11.5 Å². The quantitative estimate of drug-likeness (QED) is 0.647. The molecule has 0 aliphatic carbocycles. The molecule has 2 saturated heterocycles. The van der Waals surface area contributed by atoms with Crippen LogP contribution in [0.25, 0.3) is 0 Å². The fourth-order valence-electron chi connectivity index (χ4n) is 4.75. The molecule has 35 heavy (non-hydrogen) atoms. The highest BCUT2D eigenvalue weighted by molar-refractivity contribution is 5.74. The molecule has 2 amide bonds. The van der Waals surface area contributed by atoms with Crippen LogP contribution in [-0.4, -0.2) is 80.3 Å². The van der Waals surface area contributed by atoms with Gasteiger partial charge >= 0.3 is 6.03 Å². The third-order valence-corrected chi connectivity index (χ3v) is 6.85. The summed E-state index contributed by atoms with van der Waals surface area (Å²) in [6.45, 7) is 5.87. The molecule has 2 aromatic rings. The minimum Gasteiger partial charge on any atom is -0.497 e. The van der Waals surface area contributed by atoms with Gasteiger partial charge in [-0.3, -0.25) is 9.80 Å². The van der Waals surface area contributed by atoms with E-state index in [-0.39, 0.29) is 12.1 Å². The van der Waals surface area contributed by atoms with Gasteiger partial charge in [-0.15, -0.1) is 0 Å². The smallest absolute Gasteiger partial charge is 0.317 e. The standard InChI is InChI=1S/C26H34F2N4O3/c1-34-22-4-6-25(35-2)20(16-22)18-31-11-13-32(14-12-31)26(33)29-21-7-9-30(10-8-21)17-19-3-5-23(27)24(28)15-19/h3-6,15-16,21H,7-14,17-18H2,1-2H3,(H,29,33). The van der Waals surface area contributed by atoms with Gasteiger partial charge in [0.25, 0.3) is 0 Å². The van der Waals surface area contributed by atoms with Crippen molar-refractivity contribution in [3.63, 3.8) is 0 Å². The van der Waals surface area contributed by atoms with Crippen LogP contribution >= 0.6 is 0 Å². The van der Waals surface area contributed by atoms with Crippen molar-refractivity contribution in [1.29, 1.82) is 0 Å². The Morgan fingerprint density at radius 2 is 1.60 bits per heavy atom. The monoisotopic (exact) mass is 488 g/mol. The first-order valence-corrected chi connectivity index (χ1v) is 12.1. The molecule has 2 aliphatic rings. The summed E-state index contributed by atoms with van der Waals surface area (Å²) in [6, 6.07) is 9.97. The zero-order chi connectivity index (χ0) is 24.8. The van der Waals surface area contributed by atoms with E-state index in [1.165, 1.54) is 12.1 Å². The topological polar surface area (TPSA) is 57.3 Å². The number of amides is 2. The Morgan fingerprint density at radius 3 is 2.26 bits per heavy atom. The zero-order valence-corrected chi connectivity index (χ0v) is 20.4. The third kappa shape index (κ3) is 6.61. The maximum atomic E-state index is 13.5. The second-order valence-electron chi connectivity index (χ2n) is 9.19. The first kappa shape index (κ1) is 25.2. The van der Waals surface area contributed by atoms with Crippen LogP contribution in [0.4, 0.5) is 13.6 Å². The Hall–Kier alpha value is -2.91. The summed E-state index contributed by atoms with van der Waals surface area (Å²) in [5, 5.41) is 3.18.